The van der Waals surface area contributed by atoms with E-state index in [-0.39, 0.29) is 11.6 Å². The van der Waals surface area contributed by atoms with Crippen LogP contribution >= 0.6 is 0 Å². The highest BCUT2D eigenvalue weighted by Gasteiger charge is 2.49. The highest BCUT2D eigenvalue weighted by Crippen LogP contribution is 2.60. The van der Waals surface area contributed by atoms with E-state index in [2.05, 4.69) is 188 Å². The predicted molar refractivity (Wildman–Crippen MR) is 360 cm³/mol. The summed E-state index contributed by atoms with van der Waals surface area (Å²) in [5.41, 5.74) is 20.4. The minimum absolute atomic E-state index is 0.297. The Morgan fingerprint density at radius 3 is 1.35 bits per heavy atom. The lowest BCUT2D eigenvalue weighted by molar-refractivity contribution is 0.482. The number of benzene rings is 12. The highest BCUT2D eigenvalue weighted by molar-refractivity contribution is 5.94. The Hall–Kier alpha value is -11.1. The van der Waals surface area contributed by atoms with Crippen molar-refractivity contribution in [2.24, 2.45) is 0 Å². The number of rotatable bonds is 15. The zero-order valence-corrected chi connectivity index (χ0v) is 48.8. The van der Waals surface area contributed by atoms with Gasteiger partial charge >= 0.3 is 0 Å². The molecule has 2 atom stereocenters. The van der Waals surface area contributed by atoms with E-state index in [9.17, 15) is 0 Å². The fourth-order valence-electron chi connectivity index (χ4n) is 14.0. The number of halogens is 2. The van der Waals surface area contributed by atoms with Crippen molar-refractivity contribution in [1.29, 1.82) is 0 Å². The molecule has 15 rings (SSSR count). The number of nitrogens with zero attached hydrogens (tertiary/aromatic N) is 1. The summed E-state index contributed by atoms with van der Waals surface area (Å²) < 4.78 is 43.6. The monoisotopic (exact) mass is 1150 g/mol. The van der Waals surface area contributed by atoms with E-state index in [0.717, 1.165) is 125 Å². The van der Waals surface area contributed by atoms with Crippen LogP contribution in [0.25, 0.3) is 51.1 Å². The lowest BCUT2D eigenvalue weighted by atomic mass is 9.65. The Labute approximate surface area is 518 Å². The van der Waals surface area contributed by atoms with Crippen LogP contribution in [-0.4, -0.2) is 0 Å². The van der Waals surface area contributed by atoms with E-state index in [4.69, 9.17) is 9.47 Å². The summed E-state index contributed by atoms with van der Waals surface area (Å²) in [6.07, 6.45) is 9.86. The third-order valence-corrected chi connectivity index (χ3v) is 18.1. The number of hydrogen-bond donors (Lipinski definition) is 0. The van der Waals surface area contributed by atoms with Crippen LogP contribution in [0.2, 0.25) is 0 Å². The Morgan fingerprint density at radius 1 is 0.360 bits per heavy atom. The van der Waals surface area contributed by atoms with Gasteiger partial charge in [-0.15, -0.1) is 0 Å². The standard InChI is InChI=1S/C84H59F2NO2/c1-3-56-24-42-71(43-25-56)88-73-46-32-64(33-47-73)83(62-28-36-66(85)37-29-62)79-22-10-8-20-75(79)77-50-40-69(54-81(77)83)87(68-19-13-18-61(53-68)60-17-12-16-59(52-60)58-14-6-5-7-15-58)70-41-51-78-76-21-9-11-23-80(76)84(82(78)55-70,63-30-38-67(86)39-31-63)65-34-48-74(49-35-65)89-72-44-26-57(4-2)27-45-72/h3-10,12-22,24-55H,1-2,11,23H2. The molecule has 12 aromatic rings. The quantitative estimate of drug-likeness (QED) is 0.102. The van der Waals surface area contributed by atoms with Crippen molar-refractivity contribution < 1.29 is 18.3 Å². The first-order chi connectivity index (χ1) is 43.8. The Morgan fingerprint density at radius 2 is 0.787 bits per heavy atom. The van der Waals surface area contributed by atoms with Crippen molar-refractivity contribution in [1.82, 2.24) is 0 Å². The minimum Gasteiger partial charge on any atom is -0.457 e. The fourth-order valence-corrected chi connectivity index (χ4v) is 14.0. The number of hydrogen-bond acceptors (Lipinski definition) is 3. The average Bonchev–Trinajstić information content (AvgIpc) is 1.63. The summed E-state index contributed by atoms with van der Waals surface area (Å²) in [7, 11) is 0. The molecule has 0 bridgehead atoms. The smallest absolute Gasteiger partial charge is 0.127 e. The van der Waals surface area contributed by atoms with E-state index < -0.39 is 10.8 Å². The third kappa shape index (κ3) is 9.51. The van der Waals surface area contributed by atoms with Crippen molar-refractivity contribution >= 4 is 34.8 Å². The fraction of sp³-hybridized carbons (Fsp3) is 0.0476. The van der Waals surface area contributed by atoms with Gasteiger partial charge in [-0.25, -0.2) is 8.78 Å². The van der Waals surface area contributed by atoms with Gasteiger partial charge in [0, 0.05) is 17.1 Å². The summed E-state index contributed by atoms with van der Waals surface area (Å²) in [6.45, 7) is 7.84. The van der Waals surface area contributed by atoms with E-state index >= 15 is 8.78 Å². The predicted octanol–water partition coefficient (Wildman–Crippen LogP) is 22.5. The summed E-state index contributed by atoms with van der Waals surface area (Å²) in [4.78, 5) is 2.38. The molecular formula is C84H59F2NO2. The zero-order chi connectivity index (χ0) is 60.1. The van der Waals surface area contributed by atoms with Crippen LogP contribution in [0.15, 0.2) is 316 Å². The summed E-state index contributed by atoms with van der Waals surface area (Å²) in [5, 5.41) is 0. The summed E-state index contributed by atoms with van der Waals surface area (Å²) >= 11 is 0. The molecule has 0 radical (unpaired) electrons. The number of fused-ring (bicyclic) bond motifs is 5. The van der Waals surface area contributed by atoms with E-state index in [1.54, 1.807) is 24.3 Å². The second-order valence-electron chi connectivity index (χ2n) is 23.0. The van der Waals surface area contributed by atoms with E-state index in [0.29, 0.717) is 17.2 Å². The molecule has 0 aliphatic heterocycles. The summed E-state index contributed by atoms with van der Waals surface area (Å²) in [6, 6.07) is 97.1. The Bertz CT molecular complexity index is 4740. The maximum atomic E-state index is 15.4. The maximum Gasteiger partial charge on any atom is 0.127 e. The second kappa shape index (κ2) is 22.6. The minimum atomic E-state index is -0.902. The number of ether oxygens (including phenoxy) is 2. The molecule has 89 heavy (non-hydrogen) atoms. The zero-order valence-electron chi connectivity index (χ0n) is 48.8. The van der Waals surface area contributed by atoms with E-state index in [1.807, 2.05) is 115 Å². The summed E-state index contributed by atoms with van der Waals surface area (Å²) in [5.74, 6) is 2.23. The molecule has 3 aliphatic carbocycles. The van der Waals surface area contributed by atoms with Crippen LogP contribution in [0.3, 0.4) is 0 Å². The molecule has 12 aromatic carbocycles. The van der Waals surface area contributed by atoms with Crippen LogP contribution < -0.4 is 14.4 Å². The van der Waals surface area contributed by atoms with Gasteiger partial charge in [-0.3, -0.25) is 0 Å². The first-order valence-electron chi connectivity index (χ1n) is 30.2. The number of allylic oxidation sites excluding steroid dienone is 4. The van der Waals surface area contributed by atoms with Crippen molar-refractivity contribution in [3.05, 3.63) is 383 Å². The first-order valence-corrected chi connectivity index (χ1v) is 30.2. The molecule has 0 spiro atoms. The van der Waals surface area contributed by atoms with Gasteiger partial charge < -0.3 is 14.4 Å². The Kier molecular flexibility index (Phi) is 13.8. The van der Waals surface area contributed by atoms with E-state index in [1.165, 1.54) is 11.1 Å². The first kappa shape index (κ1) is 54.5. The normalized spacial score (nSPS) is 16.0. The number of anilines is 3. The van der Waals surface area contributed by atoms with Crippen LogP contribution in [0.4, 0.5) is 25.8 Å². The maximum absolute atomic E-state index is 15.4. The molecule has 3 nitrogen and oxygen atoms in total. The molecule has 0 saturated carbocycles. The molecule has 426 valence electrons. The molecule has 0 heterocycles. The SMILES string of the molecule is C=Cc1ccc(Oc2ccc(C3(c4ccc(F)cc4)C4=C(C=CCC4)c4ccc(N(c5cccc(-c6cccc(-c7ccccc7)c6)c5)c5ccc6c(c5)C(c5ccc(F)cc5)(c5ccc(Oc7ccc(C=C)cc7)cc5)c5ccccc5-6)cc43)cc2)cc1. The van der Waals surface area contributed by atoms with Crippen molar-refractivity contribution in [2.75, 3.05) is 4.90 Å². The molecule has 0 N–H and O–H groups in total. The van der Waals surface area contributed by atoms with Crippen LogP contribution in [0, 0.1) is 11.6 Å². The lowest BCUT2D eigenvalue weighted by Crippen LogP contribution is -2.30. The van der Waals surface area contributed by atoms with Crippen LogP contribution in [0.1, 0.15) is 68.5 Å². The molecule has 0 aromatic heterocycles. The molecule has 0 amide bonds. The molecular weight excluding hydrogens is 1090 g/mol. The largest absolute Gasteiger partial charge is 0.457 e. The van der Waals surface area contributed by atoms with Gasteiger partial charge in [0.15, 0.2) is 0 Å². The molecule has 5 heteroatoms. The molecule has 0 fully saturated rings. The van der Waals surface area contributed by atoms with Crippen molar-refractivity contribution in [2.45, 2.75) is 23.7 Å². The topological polar surface area (TPSA) is 21.7 Å². The molecule has 2 unspecified atom stereocenters. The van der Waals surface area contributed by atoms with Crippen LogP contribution in [-0.2, 0) is 10.8 Å². The van der Waals surface area contributed by atoms with Gasteiger partial charge in [0.1, 0.15) is 34.6 Å². The van der Waals surface area contributed by atoms with Gasteiger partial charge in [0.25, 0.3) is 0 Å². The second-order valence-corrected chi connectivity index (χ2v) is 23.0. The van der Waals surface area contributed by atoms with Crippen molar-refractivity contribution in [3.8, 4) is 56.4 Å². The van der Waals surface area contributed by atoms with Gasteiger partial charge in [0.05, 0.1) is 10.8 Å². The Balaban J connectivity index is 0.941. The average molecular weight is 1150 g/mol. The van der Waals surface area contributed by atoms with Gasteiger partial charge in [-0.1, -0.05) is 207 Å². The molecule has 0 saturated heterocycles. The third-order valence-electron chi connectivity index (χ3n) is 18.1. The van der Waals surface area contributed by atoms with Crippen LogP contribution in [0.5, 0.6) is 23.0 Å². The van der Waals surface area contributed by atoms with Gasteiger partial charge in [-0.05, 0) is 228 Å². The molecule has 3 aliphatic rings. The van der Waals surface area contributed by atoms with Crippen molar-refractivity contribution in [3.63, 3.8) is 0 Å². The lowest BCUT2D eigenvalue weighted by Gasteiger charge is -2.37. The van der Waals surface area contributed by atoms with Gasteiger partial charge in [-0.2, -0.15) is 0 Å². The highest BCUT2D eigenvalue weighted by atomic mass is 19.1. The van der Waals surface area contributed by atoms with Gasteiger partial charge in [0.2, 0.25) is 0 Å².